The lowest BCUT2D eigenvalue weighted by molar-refractivity contribution is 0.476. The van der Waals surface area contributed by atoms with Crippen LogP contribution in [0.5, 0.6) is 46.0 Å². The zero-order valence-corrected chi connectivity index (χ0v) is 50.4. The number of fused-ring (bicyclic) bond motifs is 6. The minimum Gasteiger partial charge on any atom is -0.457 e. The van der Waals surface area contributed by atoms with Crippen LogP contribution < -0.4 is 40.7 Å². The number of para-hydroxylation sites is 2. The number of pyridine rings is 6. The molecule has 6 heterocycles. The second kappa shape index (κ2) is 19.2. The predicted octanol–water partition coefficient (Wildman–Crippen LogP) is 12.5. The minimum atomic E-state index is -4.77. The van der Waals surface area contributed by atoms with Crippen LogP contribution in [0.15, 0.2) is 221 Å². The fraction of sp³-hybridized carbons (Fsp3) is 0. The quantitative estimate of drug-likeness (QED) is 0.0501. The van der Waals surface area contributed by atoms with E-state index in [0.717, 1.165) is 48.5 Å². The van der Waals surface area contributed by atoms with Crippen LogP contribution in [-0.2, 0) is 40.5 Å². The molecule has 26 heteroatoms. The van der Waals surface area contributed by atoms with Crippen molar-refractivity contribution >= 4 is 160 Å². The second-order valence-corrected chi connectivity index (χ2v) is 28.2. The zero-order chi connectivity index (χ0) is 65.1. The third-order valence-corrected chi connectivity index (χ3v) is 20.8. The molecule has 0 spiro atoms. The van der Waals surface area contributed by atoms with Gasteiger partial charge < -0.3 is 27.7 Å². The molecular weight excluding hydrogens is 1290 g/mol. The van der Waals surface area contributed by atoms with Crippen LogP contribution in [0.3, 0.4) is 0 Å². The van der Waals surface area contributed by atoms with E-state index in [1.807, 2.05) is 0 Å². The summed E-state index contributed by atoms with van der Waals surface area (Å²) in [7, 11) is -19.1. The molecule has 0 fully saturated rings. The van der Waals surface area contributed by atoms with Crippen LogP contribution >= 0.6 is 0 Å². The van der Waals surface area contributed by atoms with E-state index >= 15 is 0 Å². The van der Waals surface area contributed by atoms with Gasteiger partial charge in [0.25, 0.3) is 40.5 Å². The maximum Gasteiger partial charge on any atom is 0.294 e. The summed E-state index contributed by atoms with van der Waals surface area (Å²) >= 11 is 0. The molecule has 22 nitrogen and oxygen atoms in total. The van der Waals surface area contributed by atoms with E-state index in [0.29, 0.717) is 32.3 Å². The molecule has 17 aromatic rings. The highest BCUT2D eigenvalue weighted by Crippen LogP contribution is 2.59. The first-order valence-corrected chi connectivity index (χ1v) is 33.8. The molecule has 0 radical (unpaired) electrons. The summed E-state index contributed by atoms with van der Waals surface area (Å²) in [5, 5.41) is 3.50. The minimum absolute atomic E-state index is 0.0272. The summed E-state index contributed by atoms with van der Waals surface area (Å²) in [6.45, 7) is 0. The lowest BCUT2D eigenvalue weighted by atomic mass is 9.83. The van der Waals surface area contributed by atoms with E-state index in [-0.39, 0.29) is 133 Å². The van der Waals surface area contributed by atoms with E-state index in [4.69, 9.17) is 18.9 Å². The number of hydrogen-bond donors (Lipinski definition) is 4. The van der Waals surface area contributed by atoms with Gasteiger partial charge >= 0.3 is 0 Å². The van der Waals surface area contributed by atoms with Crippen LogP contribution in [-0.4, -0.2) is 60.7 Å². The van der Waals surface area contributed by atoms with Gasteiger partial charge in [0.1, 0.15) is 46.0 Å². The summed E-state index contributed by atoms with van der Waals surface area (Å²) in [6, 6.07) is 40.5. The third kappa shape index (κ3) is 8.31. The summed E-state index contributed by atoms with van der Waals surface area (Å²) in [4.78, 5) is 56.6. The van der Waals surface area contributed by atoms with Crippen molar-refractivity contribution in [2.45, 2.75) is 19.6 Å². The molecule has 11 aromatic carbocycles. The van der Waals surface area contributed by atoms with Crippen LogP contribution in [0.25, 0.3) is 119 Å². The molecule has 6 aromatic heterocycles. The Kier molecular flexibility index (Phi) is 11.6. The molecule has 0 saturated carbocycles. The van der Waals surface area contributed by atoms with Crippen molar-refractivity contribution in [3.63, 3.8) is 0 Å². The molecule has 0 atom stereocenters. The highest BCUT2D eigenvalue weighted by molar-refractivity contribution is 7.86. The zero-order valence-electron chi connectivity index (χ0n) is 47.2. The van der Waals surface area contributed by atoms with Crippen molar-refractivity contribution in [3.8, 4) is 46.0 Å². The lowest BCUT2D eigenvalue weighted by Gasteiger charge is -2.27. The number of aromatic nitrogens is 2. The molecule has 0 bridgehead atoms. The van der Waals surface area contributed by atoms with Gasteiger partial charge in [-0.1, -0.05) is 12.1 Å². The summed E-state index contributed by atoms with van der Waals surface area (Å²) in [6.07, 6.45) is 0. The Labute approximate surface area is 524 Å². The Morgan fingerprint density at radius 3 is 0.670 bits per heavy atom. The van der Waals surface area contributed by atoms with Crippen LogP contribution in [0, 0.1) is 0 Å². The van der Waals surface area contributed by atoms with Crippen molar-refractivity contribution in [2.75, 3.05) is 0 Å². The maximum atomic E-state index is 14.6. The van der Waals surface area contributed by atoms with E-state index in [1.54, 1.807) is 69.5 Å². The van der Waals surface area contributed by atoms with Gasteiger partial charge in [-0.15, -0.1) is 0 Å². The summed E-state index contributed by atoms with van der Waals surface area (Å²) in [5.74, 6) is -0.356. The lowest BCUT2D eigenvalue weighted by Crippen LogP contribution is -2.13. The largest absolute Gasteiger partial charge is 0.457 e. The van der Waals surface area contributed by atoms with Crippen molar-refractivity contribution < 1.29 is 70.8 Å². The van der Waals surface area contributed by atoms with E-state index in [1.165, 1.54) is 72.8 Å². The SMILES string of the molecule is O=c1cc2c3cc(Oc4ccc(S(=O)(=O)O)cc4)c4c5c(Oc6ccc(S(=O)(=O)O)cc6)cc6c7c(cc(Oc8ccc(S(=O)(=O)O)cc8)c(c8c(Oc9ccc(S(=O)(=O)O)cc9)cc(c3c48)c3cc(=O)c4cccc1c4n23)c57)c1cc(=O)c2cccc3c(=O)cc6n1c32. The van der Waals surface area contributed by atoms with Gasteiger partial charge in [0.15, 0.2) is 21.7 Å². The standard InChI is InChI=1S/C68H34N2O20S4/c71-51-27-47-43-23-55(87-31-7-15-35(16-8-31)91(75,76)77)61-63-57(89-33-11-19-37(20-12-33)93(81,82)83)25-45-49-29-53(73)41-5-2-6-42-54(74)30-50(70(49)68(41)42)46-26-58(90-34-13-21-38(22-14-34)94(84,85)86)64(66(63)60(45)46)62-56(88-32-9-17-36(18-10-32)92(78,79)80)24-44(59(43)65(61)62)48-28-52(72)40-4-1-3-39(51)67(40)69(47)48/h1-30H,(H,75,76,77)(H,78,79,80)(H,81,82,83)(H,84,85,86). The van der Waals surface area contributed by atoms with Crippen LogP contribution in [0.4, 0.5) is 0 Å². The molecule has 460 valence electrons. The Bertz CT molecular complexity index is 6190. The van der Waals surface area contributed by atoms with Crippen LogP contribution in [0.2, 0.25) is 0 Å². The third-order valence-electron chi connectivity index (χ3n) is 17.3. The van der Waals surface area contributed by atoms with Crippen molar-refractivity contribution in [2.24, 2.45) is 0 Å². The molecular formula is C68H34N2O20S4. The van der Waals surface area contributed by atoms with Crippen molar-refractivity contribution in [1.29, 1.82) is 0 Å². The predicted molar refractivity (Wildman–Crippen MR) is 350 cm³/mol. The molecule has 0 aliphatic rings. The van der Waals surface area contributed by atoms with Gasteiger partial charge in [0, 0.05) is 110 Å². The van der Waals surface area contributed by atoms with E-state index in [9.17, 15) is 71.1 Å². The molecule has 0 saturated heterocycles. The average Bonchev–Trinajstić information content (AvgIpc) is 0.666. The van der Waals surface area contributed by atoms with Crippen LogP contribution in [0.1, 0.15) is 0 Å². The highest BCUT2D eigenvalue weighted by atomic mass is 32.2. The van der Waals surface area contributed by atoms with Crippen molar-refractivity contribution in [1.82, 2.24) is 8.80 Å². The normalized spacial score (nSPS) is 13.0. The number of hydrogen-bond acceptors (Lipinski definition) is 16. The molecule has 0 amide bonds. The number of ether oxygens (including phenoxy) is 4. The topological polar surface area (TPSA) is 331 Å². The van der Waals surface area contributed by atoms with Gasteiger partial charge in [-0.3, -0.25) is 37.4 Å². The van der Waals surface area contributed by atoms with Crippen molar-refractivity contribution in [3.05, 3.63) is 223 Å². The highest BCUT2D eigenvalue weighted by Gasteiger charge is 2.33. The van der Waals surface area contributed by atoms with E-state index in [2.05, 4.69) is 0 Å². The first kappa shape index (κ1) is 56.8. The number of rotatable bonds is 12. The molecule has 0 aliphatic carbocycles. The fourth-order valence-corrected chi connectivity index (χ4v) is 15.4. The van der Waals surface area contributed by atoms with Gasteiger partial charge in [-0.25, -0.2) is 0 Å². The Morgan fingerprint density at radius 2 is 0.468 bits per heavy atom. The van der Waals surface area contributed by atoms with E-state index < -0.39 is 81.8 Å². The maximum absolute atomic E-state index is 14.6. The van der Waals surface area contributed by atoms with Gasteiger partial charge in [-0.05, 0) is 146 Å². The molecule has 17 rings (SSSR count). The number of nitrogens with zero attached hydrogens (tertiary/aromatic N) is 2. The molecule has 4 N–H and O–H groups in total. The number of benzene rings is 11. The first-order chi connectivity index (χ1) is 44.8. The Balaban J connectivity index is 1.16. The monoisotopic (exact) mass is 1330 g/mol. The van der Waals surface area contributed by atoms with Gasteiger partial charge in [-0.2, -0.15) is 33.7 Å². The molecule has 0 aliphatic heterocycles. The summed E-state index contributed by atoms with van der Waals surface area (Å²) < 4.78 is 172. The second-order valence-electron chi connectivity index (χ2n) is 22.5. The molecule has 0 unspecified atom stereocenters. The average molecular weight is 1330 g/mol. The van der Waals surface area contributed by atoms with Gasteiger partial charge in [0.05, 0.1) is 52.7 Å². The fourth-order valence-electron chi connectivity index (χ4n) is 13.5. The Hall–Kier alpha value is -11.2. The molecule has 94 heavy (non-hydrogen) atoms. The Morgan fingerprint density at radius 1 is 0.255 bits per heavy atom. The first-order valence-electron chi connectivity index (χ1n) is 28.1. The van der Waals surface area contributed by atoms with Gasteiger partial charge in [0.2, 0.25) is 0 Å². The smallest absolute Gasteiger partial charge is 0.294 e. The summed E-state index contributed by atoms with van der Waals surface area (Å²) in [5.41, 5.74) is -0.413.